The van der Waals surface area contributed by atoms with Gasteiger partial charge in [0.15, 0.2) is 0 Å². The number of fused-ring (bicyclic) bond motifs is 1. The van der Waals surface area contributed by atoms with E-state index < -0.39 is 10.0 Å². The maximum Gasteiger partial charge on any atom is 0.211 e. The molecule has 88 valence electrons. The van der Waals surface area contributed by atoms with Crippen molar-refractivity contribution in [1.29, 1.82) is 0 Å². The van der Waals surface area contributed by atoms with Crippen molar-refractivity contribution in [2.24, 2.45) is 5.92 Å². The first-order chi connectivity index (χ1) is 7.41. The fraction of sp³-hybridized carbons (Fsp3) is 0.500. The zero-order valence-corrected chi connectivity index (χ0v) is 10.7. The predicted octanol–water partition coefficient (Wildman–Crippen LogP) is 1.81. The summed E-state index contributed by atoms with van der Waals surface area (Å²) in [6.45, 7) is 2.10. The average Bonchev–Trinajstić information content (AvgIpc) is 2.51. The molecule has 0 amide bonds. The summed E-state index contributed by atoms with van der Waals surface area (Å²) < 4.78 is 24.7. The van der Waals surface area contributed by atoms with E-state index in [9.17, 15) is 8.42 Å². The third kappa shape index (κ3) is 1.87. The topological polar surface area (TPSA) is 37.4 Å². The van der Waals surface area contributed by atoms with Crippen LogP contribution in [-0.4, -0.2) is 26.0 Å². The minimum atomic E-state index is -3.13. The highest BCUT2D eigenvalue weighted by Gasteiger charge is 2.35. The monoisotopic (exact) mass is 239 g/mol. The molecular weight excluding hydrogens is 222 g/mol. The second-order valence-corrected chi connectivity index (χ2v) is 6.65. The van der Waals surface area contributed by atoms with Gasteiger partial charge in [-0.3, -0.25) is 0 Å². The molecule has 0 aliphatic heterocycles. The maximum atomic E-state index is 11.6. The van der Waals surface area contributed by atoms with Crippen molar-refractivity contribution in [3.8, 4) is 0 Å². The van der Waals surface area contributed by atoms with Gasteiger partial charge in [0.05, 0.1) is 12.3 Å². The molecule has 1 aliphatic carbocycles. The molecule has 2 rings (SSSR count). The highest BCUT2D eigenvalue weighted by molar-refractivity contribution is 7.88. The van der Waals surface area contributed by atoms with Crippen LogP contribution in [-0.2, 0) is 16.4 Å². The molecule has 1 aromatic rings. The summed E-state index contributed by atoms with van der Waals surface area (Å²) >= 11 is 0. The third-order valence-corrected chi connectivity index (χ3v) is 4.64. The molecule has 2 unspecified atom stereocenters. The second kappa shape index (κ2) is 3.86. The standard InChI is InChI=1S/C12H17NO2S/c1-9-8-10-6-4-5-7-11(10)12(9)13(2)16(3,14)15/h4-7,9,12H,8H2,1-3H3. The number of hydrogen-bond donors (Lipinski definition) is 0. The molecule has 1 aromatic carbocycles. The Kier molecular flexibility index (Phi) is 2.80. The Hall–Kier alpha value is -0.870. The molecule has 0 saturated carbocycles. The first-order valence-corrected chi connectivity index (χ1v) is 7.27. The van der Waals surface area contributed by atoms with Crippen molar-refractivity contribution in [2.75, 3.05) is 13.3 Å². The van der Waals surface area contributed by atoms with Crippen molar-refractivity contribution in [3.63, 3.8) is 0 Å². The average molecular weight is 239 g/mol. The first-order valence-electron chi connectivity index (χ1n) is 5.42. The minimum Gasteiger partial charge on any atom is -0.212 e. The lowest BCUT2D eigenvalue weighted by Gasteiger charge is -2.26. The fourth-order valence-electron chi connectivity index (χ4n) is 2.53. The largest absolute Gasteiger partial charge is 0.212 e. The Balaban J connectivity index is 2.43. The molecule has 0 aromatic heterocycles. The zero-order chi connectivity index (χ0) is 11.9. The summed E-state index contributed by atoms with van der Waals surface area (Å²) in [6, 6.07) is 8.09. The van der Waals surface area contributed by atoms with Gasteiger partial charge in [0, 0.05) is 7.05 Å². The molecule has 0 bridgehead atoms. The van der Waals surface area contributed by atoms with Crippen LogP contribution >= 0.6 is 0 Å². The fourth-order valence-corrected chi connectivity index (χ4v) is 3.27. The van der Waals surface area contributed by atoms with Gasteiger partial charge in [-0.15, -0.1) is 0 Å². The zero-order valence-electron chi connectivity index (χ0n) is 9.84. The van der Waals surface area contributed by atoms with Gasteiger partial charge in [0.25, 0.3) is 0 Å². The van der Waals surface area contributed by atoms with Gasteiger partial charge < -0.3 is 0 Å². The van der Waals surface area contributed by atoms with Gasteiger partial charge in [-0.25, -0.2) is 8.42 Å². The van der Waals surface area contributed by atoms with Crippen LogP contribution in [0, 0.1) is 5.92 Å². The van der Waals surface area contributed by atoms with E-state index in [0.29, 0.717) is 5.92 Å². The summed E-state index contributed by atoms with van der Waals surface area (Å²) in [5, 5.41) is 0. The molecule has 0 heterocycles. The lowest BCUT2D eigenvalue weighted by Crippen LogP contribution is -2.32. The van der Waals surface area contributed by atoms with Gasteiger partial charge in [-0.05, 0) is 23.5 Å². The molecule has 16 heavy (non-hydrogen) atoms. The molecule has 4 heteroatoms. The molecule has 2 atom stereocenters. The van der Waals surface area contributed by atoms with Crippen molar-refractivity contribution in [2.45, 2.75) is 19.4 Å². The van der Waals surface area contributed by atoms with E-state index in [1.54, 1.807) is 7.05 Å². The van der Waals surface area contributed by atoms with E-state index in [-0.39, 0.29) is 6.04 Å². The Morgan fingerprint density at radius 1 is 1.31 bits per heavy atom. The summed E-state index contributed by atoms with van der Waals surface area (Å²) in [4.78, 5) is 0. The normalized spacial score (nSPS) is 24.8. The molecule has 0 spiro atoms. The third-order valence-electron chi connectivity index (χ3n) is 3.37. The van der Waals surface area contributed by atoms with Gasteiger partial charge in [0.2, 0.25) is 10.0 Å². The maximum absolute atomic E-state index is 11.6. The molecule has 0 N–H and O–H groups in total. The van der Waals surface area contributed by atoms with Gasteiger partial charge in [-0.1, -0.05) is 31.2 Å². The minimum absolute atomic E-state index is 0.00815. The Labute approximate surface area is 97.1 Å². The Bertz CT molecular complexity index is 495. The van der Waals surface area contributed by atoms with Gasteiger partial charge >= 0.3 is 0 Å². The van der Waals surface area contributed by atoms with Gasteiger partial charge in [0.1, 0.15) is 0 Å². The molecule has 0 fully saturated rings. The van der Waals surface area contributed by atoms with E-state index >= 15 is 0 Å². The molecule has 0 saturated heterocycles. The number of nitrogens with zero attached hydrogens (tertiary/aromatic N) is 1. The van der Waals surface area contributed by atoms with Crippen molar-refractivity contribution in [1.82, 2.24) is 4.31 Å². The smallest absolute Gasteiger partial charge is 0.211 e. The van der Waals surface area contributed by atoms with E-state index in [4.69, 9.17) is 0 Å². The molecule has 3 nitrogen and oxygen atoms in total. The molecule has 1 aliphatic rings. The predicted molar refractivity (Wildman–Crippen MR) is 64.7 cm³/mol. The van der Waals surface area contributed by atoms with Crippen molar-refractivity contribution >= 4 is 10.0 Å². The number of benzene rings is 1. The second-order valence-electron chi connectivity index (χ2n) is 4.60. The van der Waals surface area contributed by atoms with Crippen LogP contribution in [0.5, 0.6) is 0 Å². The van der Waals surface area contributed by atoms with Crippen LogP contribution in [0.3, 0.4) is 0 Å². The van der Waals surface area contributed by atoms with Crippen LogP contribution in [0.1, 0.15) is 24.1 Å². The lowest BCUT2D eigenvalue weighted by molar-refractivity contribution is 0.308. The van der Waals surface area contributed by atoms with E-state index in [2.05, 4.69) is 13.0 Å². The van der Waals surface area contributed by atoms with E-state index in [0.717, 1.165) is 12.0 Å². The van der Waals surface area contributed by atoms with E-state index in [1.165, 1.54) is 16.1 Å². The summed E-state index contributed by atoms with van der Waals surface area (Å²) in [5.74, 6) is 0.345. The van der Waals surface area contributed by atoms with Crippen molar-refractivity contribution < 1.29 is 8.42 Å². The first kappa shape index (κ1) is 11.6. The van der Waals surface area contributed by atoms with Crippen LogP contribution in [0.25, 0.3) is 0 Å². The van der Waals surface area contributed by atoms with Crippen LogP contribution < -0.4 is 0 Å². The van der Waals surface area contributed by atoms with Crippen LogP contribution in [0.4, 0.5) is 0 Å². The van der Waals surface area contributed by atoms with E-state index in [1.807, 2.05) is 18.2 Å². The number of rotatable bonds is 2. The quantitative estimate of drug-likeness (QED) is 0.789. The Morgan fingerprint density at radius 2 is 1.94 bits per heavy atom. The molecular formula is C12H17NO2S. The summed E-state index contributed by atoms with van der Waals surface area (Å²) in [5.41, 5.74) is 2.43. The summed E-state index contributed by atoms with van der Waals surface area (Å²) in [6.07, 6.45) is 2.22. The van der Waals surface area contributed by atoms with Crippen LogP contribution in [0.2, 0.25) is 0 Å². The highest BCUT2D eigenvalue weighted by Crippen LogP contribution is 2.40. The Morgan fingerprint density at radius 3 is 2.56 bits per heavy atom. The molecule has 0 radical (unpaired) electrons. The number of hydrogen-bond acceptors (Lipinski definition) is 2. The highest BCUT2D eigenvalue weighted by atomic mass is 32.2. The summed E-state index contributed by atoms with van der Waals surface area (Å²) in [7, 11) is -1.46. The van der Waals surface area contributed by atoms with Gasteiger partial charge in [-0.2, -0.15) is 4.31 Å². The number of sulfonamides is 1. The van der Waals surface area contributed by atoms with Crippen LogP contribution in [0.15, 0.2) is 24.3 Å². The SMILES string of the molecule is CC1Cc2ccccc2C1N(C)S(C)(=O)=O. The van der Waals surface area contributed by atoms with Crippen molar-refractivity contribution in [3.05, 3.63) is 35.4 Å². The lowest BCUT2D eigenvalue weighted by atomic mass is 10.0.